The SMILES string of the molecule is Cc1cc(C#N)c(O)cc1Cl. The van der Waals surface area contributed by atoms with E-state index < -0.39 is 0 Å². The van der Waals surface area contributed by atoms with Crippen LogP contribution in [0, 0.1) is 18.3 Å². The van der Waals surface area contributed by atoms with Crippen LogP contribution in [0.4, 0.5) is 0 Å². The van der Waals surface area contributed by atoms with Gasteiger partial charge in [-0.3, -0.25) is 0 Å². The van der Waals surface area contributed by atoms with Crippen molar-refractivity contribution in [3.05, 3.63) is 28.3 Å². The highest BCUT2D eigenvalue weighted by molar-refractivity contribution is 6.31. The zero-order valence-electron chi connectivity index (χ0n) is 5.93. The first-order valence-electron chi connectivity index (χ1n) is 3.04. The molecular weight excluding hydrogens is 162 g/mol. The van der Waals surface area contributed by atoms with Gasteiger partial charge in [-0.25, -0.2) is 0 Å². The molecule has 0 aromatic heterocycles. The Morgan fingerprint density at radius 1 is 1.55 bits per heavy atom. The standard InChI is InChI=1S/C8H6ClNO/c1-5-2-6(4-10)8(11)3-7(5)9/h2-3,11H,1H3. The van der Waals surface area contributed by atoms with Gasteiger partial charge >= 0.3 is 0 Å². The summed E-state index contributed by atoms with van der Waals surface area (Å²) >= 11 is 5.67. The van der Waals surface area contributed by atoms with E-state index in [4.69, 9.17) is 22.0 Å². The maximum absolute atomic E-state index is 9.11. The molecule has 1 aromatic carbocycles. The second kappa shape index (κ2) is 2.81. The van der Waals surface area contributed by atoms with Crippen molar-refractivity contribution in [1.29, 1.82) is 5.26 Å². The highest BCUT2D eigenvalue weighted by Gasteiger charge is 2.03. The van der Waals surface area contributed by atoms with Crippen LogP contribution < -0.4 is 0 Å². The van der Waals surface area contributed by atoms with Crippen LogP contribution in [0.2, 0.25) is 5.02 Å². The molecule has 1 N–H and O–H groups in total. The van der Waals surface area contributed by atoms with Crippen LogP contribution in [-0.4, -0.2) is 5.11 Å². The van der Waals surface area contributed by atoms with Crippen molar-refractivity contribution in [2.24, 2.45) is 0 Å². The molecule has 56 valence electrons. The monoisotopic (exact) mass is 167 g/mol. The second-order valence-corrected chi connectivity index (χ2v) is 2.64. The van der Waals surface area contributed by atoms with Crippen molar-refractivity contribution in [2.75, 3.05) is 0 Å². The largest absolute Gasteiger partial charge is 0.507 e. The molecule has 0 radical (unpaired) electrons. The molecule has 0 atom stereocenters. The van der Waals surface area contributed by atoms with Crippen LogP contribution in [0.15, 0.2) is 12.1 Å². The van der Waals surface area contributed by atoms with Gasteiger partial charge < -0.3 is 5.11 Å². The van der Waals surface area contributed by atoms with E-state index in [-0.39, 0.29) is 11.3 Å². The molecule has 3 heteroatoms. The average molecular weight is 168 g/mol. The third-order valence-electron chi connectivity index (χ3n) is 1.40. The van der Waals surface area contributed by atoms with E-state index in [0.29, 0.717) is 5.02 Å². The summed E-state index contributed by atoms with van der Waals surface area (Å²) in [6.45, 7) is 1.78. The summed E-state index contributed by atoms with van der Waals surface area (Å²) in [5.74, 6) is -0.0666. The number of nitrogens with zero attached hydrogens (tertiary/aromatic N) is 1. The predicted molar refractivity (Wildman–Crippen MR) is 42.6 cm³/mol. The molecule has 0 spiro atoms. The summed E-state index contributed by atoms with van der Waals surface area (Å²) in [6, 6.07) is 4.78. The number of nitriles is 1. The predicted octanol–water partition coefficient (Wildman–Crippen LogP) is 2.23. The highest BCUT2D eigenvalue weighted by Crippen LogP contribution is 2.24. The van der Waals surface area contributed by atoms with Crippen LogP contribution in [0.3, 0.4) is 0 Å². The van der Waals surface area contributed by atoms with Gasteiger partial charge in [-0.05, 0) is 18.6 Å². The third kappa shape index (κ3) is 1.44. The fourth-order valence-corrected chi connectivity index (χ4v) is 0.918. The Hall–Kier alpha value is -1.20. The molecule has 1 aromatic rings. The Labute approximate surface area is 69.7 Å². The van der Waals surface area contributed by atoms with Gasteiger partial charge in [-0.1, -0.05) is 11.6 Å². The molecule has 0 aliphatic rings. The molecule has 0 aliphatic carbocycles. The Kier molecular flexibility index (Phi) is 2.02. The van der Waals surface area contributed by atoms with Gasteiger partial charge in [0.2, 0.25) is 0 Å². The Morgan fingerprint density at radius 2 is 2.18 bits per heavy atom. The lowest BCUT2D eigenvalue weighted by atomic mass is 10.1. The maximum atomic E-state index is 9.11. The van der Waals surface area contributed by atoms with Gasteiger partial charge in [0.15, 0.2) is 0 Å². The van der Waals surface area contributed by atoms with E-state index in [1.807, 2.05) is 6.07 Å². The summed E-state index contributed by atoms with van der Waals surface area (Å²) in [5.41, 5.74) is 1.05. The fourth-order valence-electron chi connectivity index (χ4n) is 0.761. The van der Waals surface area contributed by atoms with Crippen molar-refractivity contribution in [3.63, 3.8) is 0 Å². The lowest BCUT2D eigenvalue weighted by Crippen LogP contribution is -1.80. The van der Waals surface area contributed by atoms with Gasteiger partial charge in [0, 0.05) is 11.1 Å². The molecule has 0 unspecified atom stereocenters. The molecule has 0 bridgehead atoms. The molecule has 0 heterocycles. The summed E-state index contributed by atoms with van der Waals surface area (Å²) in [6.07, 6.45) is 0. The van der Waals surface area contributed by atoms with Gasteiger partial charge in [0.25, 0.3) is 0 Å². The van der Waals surface area contributed by atoms with Gasteiger partial charge in [0.1, 0.15) is 11.8 Å². The van der Waals surface area contributed by atoms with Crippen LogP contribution in [0.5, 0.6) is 5.75 Å². The molecule has 1 rings (SSSR count). The number of benzene rings is 1. The van der Waals surface area contributed by atoms with Crippen LogP contribution >= 0.6 is 11.6 Å². The number of aromatic hydroxyl groups is 1. The molecule has 0 fully saturated rings. The van der Waals surface area contributed by atoms with Gasteiger partial charge in [-0.15, -0.1) is 0 Å². The van der Waals surface area contributed by atoms with Crippen LogP contribution in [-0.2, 0) is 0 Å². The summed E-state index contributed by atoms with van der Waals surface area (Å²) in [4.78, 5) is 0. The van der Waals surface area contributed by atoms with Gasteiger partial charge in [0.05, 0.1) is 5.56 Å². The van der Waals surface area contributed by atoms with Crippen LogP contribution in [0.1, 0.15) is 11.1 Å². The topological polar surface area (TPSA) is 44.0 Å². The van der Waals surface area contributed by atoms with Crippen molar-refractivity contribution >= 4 is 11.6 Å². The quantitative estimate of drug-likeness (QED) is 0.644. The average Bonchev–Trinajstić information content (AvgIpc) is 1.97. The minimum absolute atomic E-state index is 0.0666. The van der Waals surface area contributed by atoms with E-state index in [1.165, 1.54) is 6.07 Å². The van der Waals surface area contributed by atoms with E-state index >= 15 is 0 Å². The lowest BCUT2D eigenvalue weighted by Gasteiger charge is -1.99. The number of aryl methyl sites for hydroxylation is 1. The molecule has 11 heavy (non-hydrogen) atoms. The van der Waals surface area contributed by atoms with Gasteiger partial charge in [-0.2, -0.15) is 5.26 Å². The second-order valence-electron chi connectivity index (χ2n) is 2.23. The van der Waals surface area contributed by atoms with E-state index in [2.05, 4.69) is 0 Å². The zero-order chi connectivity index (χ0) is 8.43. The lowest BCUT2D eigenvalue weighted by molar-refractivity contribution is 0.473. The first kappa shape index (κ1) is 7.90. The first-order chi connectivity index (χ1) is 5.15. The fraction of sp³-hybridized carbons (Fsp3) is 0.125. The normalized spacial score (nSPS) is 9.18. The number of rotatable bonds is 0. The van der Waals surface area contributed by atoms with E-state index in [1.54, 1.807) is 13.0 Å². The minimum atomic E-state index is -0.0666. The van der Waals surface area contributed by atoms with Crippen molar-refractivity contribution < 1.29 is 5.11 Å². The van der Waals surface area contributed by atoms with Crippen molar-refractivity contribution in [3.8, 4) is 11.8 Å². The summed E-state index contributed by atoms with van der Waals surface area (Å²) in [7, 11) is 0. The van der Waals surface area contributed by atoms with E-state index in [9.17, 15) is 0 Å². The number of halogens is 1. The molecule has 0 aliphatic heterocycles. The molecule has 0 saturated heterocycles. The Balaban J connectivity index is 3.35. The smallest absolute Gasteiger partial charge is 0.134 e. The van der Waals surface area contributed by atoms with Crippen molar-refractivity contribution in [2.45, 2.75) is 6.92 Å². The Morgan fingerprint density at radius 3 is 2.73 bits per heavy atom. The maximum Gasteiger partial charge on any atom is 0.134 e. The van der Waals surface area contributed by atoms with Crippen molar-refractivity contribution in [1.82, 2.24) is 0 Å². The summed E-state index contributed by atoms with van der Waals surface area (Å²) in [5, 5.41) is 18.1. The van der Waals surface area contributed by atoms with Crippen LogP contribution in [0.25, 0.3) is 0 Å². The summed E-state index contributed by atoms with van der Waals surface area (Å²) < 4.78 is 0. The molecule has 0 saturated carbocycles. The highest BCUT2D eigenvalue weighted by atomic mass is 35.5. The molecule has 2 nitrogen and oxygen atoms in total. The zero-order valence-corrected chi connectivity index (χ0v) is 6.68. The third-order valence-corrected chi connectivity index (χ3v) is 1.80. The Bertz CT molecular complexity index is 328. The minimum Gasteiger partial charge on any atom is -0.507 e. The number of phenols is 1. The van der Waals surface area contributed by atoms with E-state index in [0.717, 1.165) is 5.56 Å². The number of hydrogen-bond donors (Lipinski definition) is 1. The first-order valence-corrected chi connectivity index (χ1v) is 3.42. The number of phenolic OH excluding ortho intramolecular Hbond substituents is 1. The number of hydrogen-bond acceptors (Lipinski definition) is 2. The molecular formula is C8H6ClNO. The molecule has 0 amide bonds.